The molecule has 3 unspecified atom stereocenters. The number of aliphatic hydroxyl groups is 1. The smallest absolute Gasteiger partial charge is 0.290 e. The summed E-state index contributed by atoms with van der Waals surface area (Å²) in [5, 5.41) is 50.3. The molecule has 4 N–H and O–H groups in total. The molecule has 27 heteroatoms. The molecule has 91 heavy (non-hydrogen) atoms. The first kappa shape index (κ1) is 59.0. The lowest BCUT2D eigenvalue weighted by atomic mass is 9.90. The van der Waals surface area contributed by atoms with Crippen LogP contribution in [0.1, 0.15) is 65.7 Å². The van der Waals surface area contributed by atoms with E-state index in [0.717, 1.165) is 77.0 Å². The minimum atomic E-state index is -3.15. The van der Waals surface area contributed by atoms with Crippen LogP contribution in [-0.4, -0.2) is 166 Å². The number of ether oxygens (including phenoxy) is 4. The third kappa shape index (κ3) is 10.9. The lowest BCUT2D eigenvalue weighted by Gasteiger charge is -2.28. The number of rotatable bonds is 19. The Bertz CT molecular complexity index is 4710. The topological polar surface area (TPSA) is 292 Å². The van der Waals surface area contributed by atoms with E-state index in [4.69, 9.17) is 40.7 Å². The lowest BCUT2D eigenvalue weighted by molar-refractivity contribution is 0.00238. The number of aromatic nitrogens is 12. The number of aromatic amines is 3. The van der Waals surface area contributed by atoms with Gasteiger partial charge in [-0.15, -0.1) is 11.6 Å². The molecule has 0 amide bonds. The zero-order chi connectivity index (χ0) is 63.1. The number of anilines is 3. The van der Waals surface area contributed by atoms with Crippen molar-refractivity contribution in [3.05, 3.63) is 104 Å². The Morgan fingerprint density at radius 2 is 1.04 bits per heavy atom. The highest BCUT2D eigenvalue weighted by molar-refractivity contribution is 7.91. The highest BCUT2D eigenvalue weighted by Gasteiger charge is 2.60. The SMILES string of the molecule is Cn1nc(-c2n[nH]c3ccc(OC4(COCC5(CCl)CCN(c6cc(-c7n[nH]c8ccc(OC9(C)CC9CC9(Oc%10ccc%11[nH]nc(-c%12cc(N%13C[C@H](O)C(C)(C)C%13)c(=O)n(C)n%12)c%11c%10)CC9)cc78)nn(C)c6=O)C5)CC4)cc23)cc(N2CCS(=O)(=O)CC2)c1=O. The van der Waals surface area contributed by atoms with Gasteiger partial charge in [0.25, 0.3) is 16.7 Å². The van der Waals surface area contributed by atoms with Crippen molar-refractivity contribution in [3.8, 4) is 51.4 Å². The first-order chi connectivity index (χ1) is 43.5. The number of nitrogens with one attached hydrogen (secondary N) is 3. The van der Waals surface area contributed by atoms with Crippen molar-refractivity contribution in [1.29, 1.82) is 0 Å². The summed E-state index contributed by atoms with van der Waals surface area (Å²) < 4.78 is 55.2. The van der Waals surface area contributed by atoms with E-state index < -0.39 is 32.6 Å². The van der Waals surface area contributed by atoms with E-state index in [1.165, 1.54) is 14.0 Å². The highest BCUT2D eigenvalue weighted by atomic mass is 35.5. The molecule has 9 heterocycles. The predicted molar refractivity (Wildman–Crippen MR) is 344 cm³/mol. The summed E-state index contributed by atoms with van der Waals surface area (Å²) in [5.74, 6) is 2.59. The van der Waals surface area contributed by atoms with E-state index in [0.29, 0.717) is 114 Å². The molecule has 6 aliphatic rings. The van der Waals surface area contributed by atoms with Crippen LogP contribution in [0.15, 0.2) is 87.2 Å². The van der Waals surface area contributed by atoms with Gasteiger partial charge >= 0.3 is 0 Å². The Balaban J connectivity index is 0.587. The van der Waals surface area contributed by atoms with Gasteiger partial charge in [-0.25, -0.2) is 22.5 Å². The minimum absolute atomic E-state index is 0.0218. The van der Waals surface area contributed by atoms with Crippen LogP contribution in [-0.2, 0) is 35.7 Å². The average Bonchev–Trinajstić information content (AvgIpc) is 1.61. The third-order valence-electron chi connectivity index (χ3n) is 19.8. The molecule has 0 bridgehead atoms. The summed E-state index contributed by atoms with van der Waals surface area (Å²) in [6.07, 6.45) is 5.27. The van der Waals surface area contributed by atoms with Gasteiger partial charge in [-0.2, -0.15) is 30.6 Å². The Morgan fingerprint density at radius 1 is 0.582 bits per heavy atom. The number of aryl methyl sites for hydroxylation is 3. The molecule has 3 aromatic carbocycles. The first-order valence-electron chi connectivity index (χ1n) is 31.0. The minimum Gasteiger partial charge on any atom is -0.487 e. The summed E-state index contributed by atoms with van der Waals surface area (Å²) in [6.45, 7) is 9.28. The molecule has 3 saturated heterocycles. The normalized spacial score (nSPS) is 23.6. The number of benzene rings is 3. The number of β-amino-alcohol motifs (C(OH)–C–C–N with tert-alkyl or cyclic N) is 1. The van der Waals surface area contributed by atoms with E-state index in [1.807, 2.05) is 79.4 Å². The van der Waals surface area contributed by atoms with Gasteiger partial charge in [0.2, 0.25) is 0 Å². The second-order valence-corrected chi connectivity index (χ2v) is 29.9. The number of hydrogen-bond donors (Lipinski definition) is 4. The van der Waals surface area contributed by atoms with Crippen molar-refractivity contribution in [3.63, 3.8) is 0 Å². The van der Waals surface area contributed by atoms with Gasteiger partial charge < -0.3 is 38.8 Å². The molecule has 0 radical (unpaired) electrons. The van der Waals surface area contributed by atoms with E-state index in [1.54, 1.807) is 38.2 Å². The zero-order valence-corrected chi connectivity index (χ0v) is 53.2. The Kier molecular flexibility index (Phi) is 13.9. The average molecular weight is 1280 g/mol. The molecule has 25 nitrogen and oxygen atoms in total. The standard InChI is InChI=1S/C64H72ClN15O10S/c1-60(2)33-80(31-53(60)81)52-28-49(74-77(6)59(52)84)56-42-24-39(8-11-45(42)67-71-56)89-63(13-14-63)30-37-29-61(37,3)88-38-7-10-44-41(23-38)54(69-66-44)48-27-51(58(83)76(5)73-48)79-18-17-62(32-65,34-79)35-87-36-64(15-16-64)90-40-9-12-46-43(25-40)55(70-68-46)47-26-50(57(82)75(4)72-47)78-19-21-91(85,86)22-20-78/h7-12,23-28,37,53,81H,13-22,29-36H2,1-6H3,(H,66,69)(H,67,71)(H,68,70)/t37?,53-,61?,62?/m0/s1. The van der Waals surface area contributed by atoms with Crippen LogP contribution in [0.4, 0.5) is 17.1 Å². The van der Waals surface area contributed by atoms with Crippen LogP contribution < -0.4 is 45.6 Å². The van der Waals surface area contributed by atoms with Crippen molar-refractivity contribution in [2.45, 2.75) is 88.6 Å². The van der Waals surface area contributed by atoms with Crippen molar-refractivity contribution in [2.75, 3.05) is 84.6 Å². The third-order valence-corrected chi connectivity index (χ3v) is 22.0. The lowest BCUT2D eigenvalue weighted by Crippen LogP contribution is -2.43. The van der Waals surface area contributed by atoms with E-state index in [2.05, 4.69) is 47.5 Å². The number of sulfone groups is 1. The van der Waals surface area contributed by atoms with Crippen molar-refractivity contribution < 1.29 is 32.5 Å². The molecule has 6 fully saturated rings. The fraction of sp³-hybridized carbons (Fsp3) is 0.484. The second-order valence-electron chi connectivity index (χ2n) is 27.3. The molecule has 15 rings (SSSR count). The van der Waals surface area contributed by atoms with Gasteiger partial charge in [0, 0.05) is 99.2 Å². The summed E-state index contributed by atoms with van der Waals surface area (Å²) in [4.78, 5) is 46.3. The second kappa shape index (κ2) is 21.4. The van der Waals surface area contributed by atoms with Gasteiger partial charge in [-0.05, 0) is 125 Å². The summed E-state index contributed by atoms with van der Waals surface area (Å²) in [7, 11) is 1.72. The van der Waals surface area contributed by atoms with Gasteiger partial charge in [0.05, 0.1) is 47.4 Å². The number of aliphatic hydroxyl groups excluding tert-OH is 1. The molecule has 9 aromatic rings. The van der Waals surface area contributed by atoms with Crippen molar-refractivity contribution in [1.82, 2.24) is 59.9 Å². The number of hydrogen-bond acceptors (Lipinski definition) is 19. The van der Waals surface area contributed by atoms with Crippen LogP contribution in [0.2, 0.25) is 0 Å². The van der Waals surface area contributed by atoms with E-state index >= 15 is 0 Å². The zero-order valence-electron chi connectivity index (χ0n) is 51.6. The van der Waals surface area contributed by atoms with Crippen LogP contribution in [0.5, 0.6) is 17.2 Å². The van der Waals surface area contributed by atoms with Crippen LogP contribution in [0.3, 0.4) is 0 Å². The van der Waals surface area contributed by atoms with Gasteiger partial charge in [0.15, 0.2) is 9.84 Å². The number of fused-ring (bicyclic) bond motifs is 3. The van der Waals surface area contributed by atoms with Gasteiger partial charge in [0.1, 0.15) is 85.3 Å². The highest BCUT2D eigenvalue weighted by Crippen LogP contribution is 2.57. The molecule has 476 valence electrons. The Morgan fingerprint density at radius 3 is 1.51 bits per heavy atom. The van der Waals surface area contributed by atoms with Crippen LogP contribution >= 0.6 is 11.6 Å². The maximum Gasteiger partial charge on any atom is 0.290 e. The Hall–Kier alpha value is -8.33. The summed E-state index contributed by atoms with van der Waals surface area (Å²) in [6, 6.07) is 22.8. The Labute approximate surface area is 527 Å². The van der Waals surface area contributed by atoms with Crippen LogP contribution in [0, 0.1) is 16.7 Å². The van der Waals surface area contributed by atoms with Crippen LogP contribution in [0.25, 0.3) is 66.9 Å². The quantitative estimate of drug-likeness (QED) is 0.0649. The predicted octanol–water partition coefficient (Wildman–Crippen LogP) is 6.26. The molecular formula is C64H72ClN15O10S. The maximum atomic E-state index is 14.0. The molecule has 3 saturated carbocycles. The molecule has 4 atom stereocenters. The monoisotopic (exact) mass is 1280 g/mol. The largest absolute Gasteiger partial charge is 0.487 e. The molecule has 6 aromatic heterocycles. The van der Waals surface area contributed by atoms with Gasteiger partial charge in [-0.3, -0.25) is 29.7 Å². The fourth-order valence-electron chi connectivity index (χ4n) is 13.6. The first-order valence-corrected chi connectivity index (χ1v) is 33.4. The van der Waals surface area contributed by atoms with Crippen molar-refractivity contribution >= 4 is 71.2 Å². The summed E-state index contributed by atoms with van der Waals surface area (Å²) in [5.41, 5.74) is 4.14. The maximum absolute atomic E-state index is 14.0. The van der Waals surface area contributed by atoms with Crippen molar-refractivity contribution in [2.24, 2.45) is 37.9 Å². The number of alkyl halides is 1. The molecular weight excluding hydrogens is 1210 g/mol. The van der Waals surface area contributed by atoms with E-state index in [-0.39, 0.29) is 58.2 Å². The molecule has 3 aliphatic carbocycles. The van der Waals surface area contributed by atoms with Gasteiger partial charge in [-0.1, -0.05) is 13.8 Å². The molecule has 0 spiro atoms. The summed E-state index contributed by atoms with van der Waals surface area (Å²) >= 11 is 6.82. The number of nitrogens with zero attached hydrogens (tertiary/aromatic N) is 12. The fourth-order valence-corrected chi connectivity index (χ4v) is 15.1. The van der Waals surface area contributed by atoms with E-state index in [9.17, 15) is 27.9 Å². The number of halogens is 1. The molecule has 3 aliphatic heterocycles. The number of H-pyrrole nitrogens is 3.